The van der Waals surface area contributed by atoms with Gasteiger partial charge in [-0.2, -0.15) is 13.2 Å². The number of fused-ring (bicyclic) bond motifs is 1. The highest BCUT2D eigenvalue weighted by atomic mass is 19.4. The number of carboxylic acid groups (broad SMARTS) is 1. The Bertz CT molecular complexity index is 944. The largest absolute Gasteiger partial charge is 0.478 e. The number of halogens is 3. The molecule has 136 valence electrons. The van der Waals surface area contributed by atoms with Crippen molar-refractivity contribution in [2.24, 2.45) is 0 Å². The molecule has 0 atom stereocenters. The molecule has 0 radical (unpaired) electrons. The fourth-order valence-corrected chi connectivity index (χ4v) is 2.83. The third-order valence-electron chi connectivity index (χ3n) is 4.20. The maximum absolute atomic E-state index is 13.0. The van der Waals surface area contributed by atoms with Gasteiger partial charge >= 0.3 is 12.1 Å². The van der Waals surface area contributed by atoms with Gasteiger partial charge in [0.1, 0.15) is 5.82 Å². The predicted octanol–water partition coefficient (Wildman–Crippen LogP) is 5.22. The van der Waals surface area contributed by atoms with Crippen LogP contribution in [-0.4, -0.2) is 20.6 Å². The van der Waals surface area contributed by atoms with Crippen molar-refractivity contribution >= 4 is 17.0 Å². The number of rotatable bonds is 5. The van der Waals surface area contributed by atoms with Crippen molar-refractivity contribution in [3.8, 4) is 11.4 Å². The first-order valence-electron chi connectivity index (χ1n) is 8.22. The highest BCUT2D eigenvalue weighted by Gasteiger charge is 2.31. The zero-order valence-corrected chi connectivity index (χ0v) is 14.0. The van der Waals surface area contributed by atoms with E-state index in [1.54, 1.807) is 12.1 Å². The van der Waals surface area contributed by atoms with E-state index in [9.17, 15) is 18.0 Å². The molecule has 3 aromatic rings. The minimum Gasteiger partial charge on any atom is -0.478 e. The summed E-state index contributed by atoms with van der Waals surface area (Å²) in [7, 11) is 0. The highest BCUT2D eigenvalue weighted by Crippen LogP contribution is 2.33. The summed E-state index contributed by atoms with van der Waals surface area (Å²) in [6.07, 6.45) is -2.64. The lowest BCUT2D eigenvalue weighted by molar-refractivity contribution is -0.137. The summed E-state index contributed by atoms with van der Waals surface area (Å²) in [5.41, 5.74) is 0.968. The van der Waals surface area contributed by atoms with Crippen LogP contribution in [0.15, 0.2) is 42.5 Å². The Morgan fingerprint density at radius 3 is 2.42 bits per heavy atom. The molecular weight excluding hydrogens is 345 g/mol. The van der Waals surface area contributed by atoms with Gasteiger partial charge in [0.15, 0.2) is 0 Å². The van der Waals surface area contributed by atoms with Crippen LogP contribution in [0.3, 0.4) is 0 Å². The summed E-state index contributed by atoms with van der Waals surface area (Å²) in [5.74, 6) is -0.504. The molecule has 0 amide bonds. The minimum atomic E-state index is -4.43. The fraction of sp³-hybridized carbons (Fsp3) is 0.263. The normalized spacial score (nSPS) is 11.8. The number of aromatic nitrogens is 2. The Hall–Kier alpha value is -2.83. The maximum atomic E-state index is 13.0. The molecule has 0 saturated carbocycles. The standard InChI is InChI=1S/C19H17F3N2O2/c1-2-3-10-24-16-9-8-14(19(20,21)22)11-15(16)23-17(24)12-4-6-13(7-5-12)18(25)26/h4-9,11H,2-3,10H2,1H3,(H,25,26). The first-order valence-corrected chi connectivity index (χ1v) is 8.22. The number of hydrogen-bond acceptors (Lipinski definition) is 2. The number of alkyl halides is 3. The van der Waals surface area contributed by atoms with Crippen LogP contribution in [0.2, 0.25) is 0 Å². The Morgan fingerprint density at radius 2 is 1.85 bits per heavy atom. The number of benzene rings is 2. The van der Waals surface area contributed by atoms with Crippen LogP contribution in [0, 0.1) is 0 Å². The molecular formula is C19H17F3N2O2. The second kappa shape index (κ2) is 6.82. The Labute approximate surface area is 147 Å². The van der Waals surface area contributed by atoms with Crippen LogP contribution < -0.4 is 0 Å². The molecule has 0 spiro atoms. The van der Waals surface area contributed by atoms with Gasteiger partial charge in [-0.25, -0.2) is 9.78 Å². The molecule has 0 aliphatic heterocycles. The Kier molecular flexibility index (Phi) is 4.71. The second-order valence-corrected chi connectivity index (χ2v) is 6.02. The van der Waals surface area contributed by atoms with Crippen molar-refractivity contribution in [3.05, 3.63) is 53.6 Å². The van der Waals surface area contributed by atoms with Gasteiger partial charge in [0.05, 0.1) is 22.2 Å². The summed E-state index contributed by atoms with van der Waals surface area (Å²) in [5, 5.41) is 9.01. The zero-order chi connectivity index (χ0) is 18.9. The number of hydrogen-bond donors (Lipinski definition) is 1. The number of imidazole rings is 1. The van der Waals surface area contributed by atoms with Crippen molar-refractivity contribution in [1.29, 1.82) is 0 Å². The molecule has 0 bridgehead atoms. The zero-order valence-electron chi connectivity index (χ0n) is 14.0. The lowest BCUT2D eigenvalue weighted by Crippen LogP contribution is -2.04. The van der Waals surface area contributed by atoms with E-state index in [1.807, 2.05) is 11.5 Å². The van der Waals surface area contributed by atoms with Crippen molar-refractivity contribution in [3.63, 3.8) is 0 Å². The van der Waals surface area contributed by atoms with E-state index in [-0.39, 0.29) is 11.1 Å². The Balaban J connectivity index is 2.14. The van der Waals surface area contributed by atoms with Gasteiger partial charge in [0.2, 0.25) is 0 Å². The van der Waals surface area contributed by atoms with E-state index in [4.69, 9.17) is 5.11 Å². The summed E-state index contributed by atoms with van der Waals surface area (Å²) >= 11 is 0. The first-order chi connectivity index (χ1) is 12.3. The van der Waals surface area contributed by atoms with Crippen molar-refractivity contribution < 1.29 is 23.1 Å². The molecule has 0 aliphatic rings. The lowest BCUT2D eigenvalue weighted by Gasteiger charge is -2.10. The molecule has 1 heterocycles. The maximum Gasteiger partial charge on any atom is 0.416 e. The first kappa shape index (κ1) is 18.0. The molecule has 0 aliphatic carbocycles. The van der Waals surface area contributed by atoms with Crippen molar-refractivity contribution in [2.45, 2.75) is 32.5 Å². The average molecular weight is 362 g/mol. The summed E-state index contributed by atoms with van der Waals surface area (Å²) < 4.78 is 40.8. The lowest BCUT2D eigenvalue weighted by atomic mass is 10.1. The van der Waals surface area contributed by atoms with Crippen LogP contribution in [0.1, 0.15) is 35.7 Å². The number of aryl methyl sites for hydroxylation is 1. The summed E-state index contributed by atoms with van der Waals surface area (Å²) in [6.45, 7) is 2.65. The van der Waals surface area contributed by atoms with E-state index in [1.165, 1.54) is 18.2 Å². The van der Waals surface area contributed by atoms with E-state index in [2.05, 4.69) is 4.98 Å². The molecule has 1 aromatic heterocycles. The van der Waals surface area contributed by atoms with Crippen LogP contribution in [0.5, 0.6) is 0 Å². The van der Waals surface area contributed by atoms with Gasteiger partial charge in [-0.15, -0.1) is 0 Å². The van der Waals surface area contributed by atoms with Crippen LogP contribution >= 0.6 is 0 Å². The van der Waals surface area contributed by atoms with E-state index in [0.29, 0.717) is 23.4 Å². The number of aromatic carboxylic acids is 1. The van der Waals surface area contributed by atoms with Gasteiger partial charge in [-0.05, 0) is 36.8 Å². The molecule has 26 heavy (non-hydrogen) atoms. The SMILES string of the molecule is CCCCn1c(-c2ccc(C(=O)O)cc2)nc2cc(C(F)(F)F)ccc21. The third-order valence-corrected chi connectivity index (χ3v) is 4.20. The molecule has 2 aromatic carbocycles. The number of nitrogens with zero attached hydrogens (tertiary/aromatic N) is 2. The smallest absolute Gasteiger partial charge is 0.416 e. The van der Waals surface area contributed by atoms with Gasteiger partial charge in [0, 0.05) is 12.1 Å². The van der Waals surface area contributed by atoms with E-state index < -0.39 is 17.7 Å². The van der Waals surface area contributed by atoms with E-state index >= 15 is 0 Å². The molecule has 0 fully saturated rings. The topological polar surface area (TPSA) is 55.1 Å². The molecule has 0 unspecified atom stereocenters. The number of unbranched alkanes of at least 4 members (excludes halogenated alkanes) is 1. The number of carbonyl (C=O) groups is 1. The molecule has 0 saturated heterocycles. The monoisotopic (exact) mass is 362 g/mol. The highest BCUT2D eigenvalue weighted by molar-refractivity contribution is 5.88. The van der Waals surface area contributed by atoms with Crippen LogP contribution in [0.4, 0.5) is 13.2 Å². The van der Waals surface area contributed by atoms with Crippen LogP contribution in [-0.2, 0) is 12.7 Å². The van der Waals surface area contributed by atoms with Gasteiger partial charge < -0.3 is 9.67 Å². The molecule has 3 rings (SSSR count). The summed E-state index contributed by atoms with van der Waals surface area (Å²) in [6, 6.07) is 9.72. The molecule has 4 nitrogen and oxygen atoms in total. The fourth-order valence-electron chi connectivity index (χ4n) is 2.83. The van der Waals surface area contributed by atoms with Crippen LogP contribution in [0.25, 0.3) is 22.4 Å². The molecule has 1 N–H and O–H groups in total. The minimum absolute atomic E-state index is 0.143. The van der Waals surface area contributed by atoms with Gasteiger partial charge in [-0.1, -0.05) is 25.5 Å². The quantitative estimate of drug-likeness (QED) is 0.677. The van der Waals surface area contributed by atoms with E-state index in [0.717, 1.165) is 25.0 Å². The second-order valence-electron chi connectivity index (χ2n) is 6.02. The number of carboxylic acids is 1. The predicted molar refractivity (Wildman–Crippen MR) is 92.0 cm³/mol. The summed E-state index contributed by atoms with van der Waals surface area (Å²) in [4.78, 5) is 15.4. The van der Waals surface area contributed by atoms with Gasteiger partial charge in [0.25, 0.3) is 0 Å². The third kappa shape index (κ3) is 3.42. The average Bonchev–Trinajstić information content (AvgIpc) is 2.97. The van der Waals surface area contributed by atoms with Crippen molar-refractivity contribution in [1.82, 2.24) is 9.55 Å². The van der Waals surface area contributed by atoms with Gasteiger partial charge in [-0.3, -0.25) is 0 Å². The van der Waals surface area contributed by atoms with Crippen molar-refractivity contribution in [2.75, 3.05) is 0 Å². The Morgan fingerprint density at radius 1 is 1.15 bits per heavy atom. The molecule has 7 heteroatoms.